The molecule has 2 aliphatic carbocycles. The molecular formula is C29H40O3. The Morgan fingerprint density at radius 3 is 2.44 bits per heavy atom. The maximum atomic E-state index is 11.4. The van der Waals surface area contributed by atoms with Gasteiger partial charge in [0.25, 0.3) is 0 Å². The summed E-state index contributed by atoms with van der Waals surface area (Å²) < 4.78 is 6.50. The summed E-state index contributed by atoms with van der Waals surface area (Å²) in [4.78, 5) is 11.4. The normalized spacial score (nSPS) is 27.7. The molecule has 0 bridgehead atoms. The number of hydrogen-bond donors (Lipinski definition) is 1. The summed E-state index contributed by atoms with van der Waals surface area (Å²) in [5, 5.41) is 11.8. The van der Waals surface area contributed by atoms with Gasteiger partial charge in [-0.3, -0.25) is 4.79 Å². The Balaban J connectivity index is 1.38. The number of fused-ring (bicyclic) bond motifs is 1. The van der Waals surface area contributed by atoms with E-state index in [0.717, 1.165) is 43.8 Å². The number of carboxylic acids is 1. The third-order valence-electron chi connectivity index (χ3n) is 8.65. The number of carboxylic acid groups (broad SMARTS) is 1. The zero-order valence-electron chi connectivity index (χ0n) is 20.5. The lowest BCUT2D eigenvalue weighted by Gasteiger charge is -2.50. The van der Waals surface area contributed by atoms with Crippen molar-refractivity contribution in [3.63, 3.8) is 0 Å². The largest absolute Gasteiger partial charge is 0.490 e. The molecule has 2 unspecified atom stereocenters. The summed E-state index contributed by atoms with van der Waals surface area (Å²) in [7, 11) is 0. The van der Waals surface area contributed by atoms with Crippen LogP contribution in [0.25, 0.3) is 10.8 Å². The quantitative estimate of drug-likeness (QED) is 0.510. The Morgan fingerprint density at radius 2 is 1.81 bits per heavy atom. The third-order valence-corrected chi connectivity index (χ3v) is 8.65. The molecule has 2 fully saturated rings. The van der Waals surface area contributed by atoms with Gasteiger partial charge in [-0.1, -0.05) is 65.0 Å². The molecule has 2 aliphatic rings. The topological polar surface area (TPSA) is 46.5 Å². The second-order valence-corrected chi connectivity index (χ2v) is 12.0. The highest BCUT2D eigenvalue weighted by Gasteiger charge is 2.51. The van der Waals surface area contributed by atoms with E-state index < -0.39 is 5.97 Å². The zero-order chi connectivity index (χ0) is 23.1. The second kappa shape index (κ2) is 8.72. The van der Waals surface area contributed by atoms with Gasteiger partial charge in [0.1, 0.15) is 5.75 Å². The Bertz CT molecular complexity index is 960. The molecule has 2 aromatic carbocycles. The van der Waals surface area contributed by atoms with E-state index in [0.29, 0.717) is 17.4 Å². The van der Waals surface area contributed by atoms with E-state index in [1.54, 1.807) is 0 Å². The Hall–Kier alpha value is -2.03. The van der Waals surface area contributed by atoms with Gasteiger partial charge in [-0.25, -0.2) is 0 Å². The van der Waals surface area contributed by atoms with Gasteiger partial charge in [0.2, 0.25) is 0 Å². The zero-order valence-corrected chi connectivity index (χ0v) is 20.5. The predicted molar refractivity (Wildman–Crippen MR) is 131 cm³/mol. The Labute approximate surface area is 193 Å². The smallest absolute Gasteiger partial charge is 0.307 e. The van der Waals surface area contributed by atoms with Crippen LogP contribution in [0, 0.1) is 28.6 Å². The SMILES string of the molecule is CC(C)(C)C1CCC(Oc2cccc3cc(CCC4CC(C(=O)O)C4(C)C)ccc23)CC1. The highest BCUT2D eigenvalue weighted by Crippen LogP contribution is 2.53. The van der Waals surface area contributed by atoms with Crippen molar-refractivity contribution < 1.29 is 14.6 Å². The van der Waals surface area contributed by atoms with Gasteiger partial charge in [0, 0.05) is 5.39 Å². The number of ether oxygens (including phenoxy) is 1. The van der Waals surface area contributed by atoms with Crippen LogP contribution in [-0.4, -0.2) is 17.2 Å². The van der Waals surface area contributed by atoms with E-state index in [1.165, 1.54) is 29.2 Å². The van der Waals surface area contributed by atoms with Crippen molar-refractivity contribution in [1.82, 2.24) is 0 Å². The van der Waals surface area contributed by atoms with E-state index in [-0.39, 0.29) is 11.3 Å². The molecule has 2 aromatic rings. The standard InChI is InChI=1S/C29H40O3/c1-28(2,3)21-12-14-23(15-13-21)32-26-8-6-7-20-17-19(10-16-24(20)26)9-11-22-18-25(27(30)31)29(22,4)5/h6-8,10,16-17,21-23,25H,9,11-15,18H2,1-5H3,(H,30,31). The molecule has 1 N–H and O–H groups in total. The summed E-state index contributed by atoms with van der Waals surface area (Å²) in [6, 6.07) is 13.1. The van der Waals surface area contributed by atoms with E-state index in [4.69, 9.17) is 4.74 Å². The molecule has 3 nitrogen and oxygen atoms in total. The maximum absolute atomic E-state index is 11.4. The highest BCUT2D eigenvalue weighted by atomic mass is 16.5. The highest BCUT2D eigenvalue weighted by molar-refractivity contribution is 5.88. The van der Waals surface area contributed by atoms with Crippen molar-refractivity contribution in [3.8, 4) is 5.75 Å². The molecule has 0 saturated heterocycles. The molecule has 0 aliphatic heterocycles. The van der Waals surface area contributed by atoms with Crippen LogP contribution in [-0.2, 0) is 11.2 Å². The molecule has 0 heterocycles. The van der Waals surface area contributed by atoms with Crippen LogP contribution in [0.2, 0.25) is 0 Å². The van der Waals surface area contributed by atoms with Crippen molar-refractivity contribution in [2.24, 2.45) is 28.6 Å². The van der Waals surface area contributed by atoms with Crippen LogP contribution in [0.4, 0.5) is 0 Å². The molecule has 0 spiro atoms. The first-order valence-corrected chi connectivity index (χ1v) is 12.5. The average molecular weight is 437 g/mol. The van der Waals surface area contributed by atoms with Crippen LogP contribution >= 0.6 is 0 Å². The summed E-state index contributed by atoms with van der Waals surface area (Å²) in [5.41, 5.74) is 1.62. The number of rotatable bonds is 6. The van der Waals surface area contributed by atoms with Crippen molar-refractivity contribution >= 4 is 16.7 Å². The molecule has 3 heteroatoms. The summed E-state index contributed by atoms with van der Waals surface area (Å²) in [6.45, 7) is 11.3. The molecule has 4 rings (SSSR count). The van der Waals surface area contributed by atoms with E-state index in [9.17, 15) is 9.90 Å². The predicted octanol–water partition coefficient (Wildman–Crippen LogP) is 7.50. The van der Waals surface area contributed by atoms with Crippen molar-refractivity contribution in [2.75, 3.05) is 0 Å². The molecule has 0 radical (unpaired) electrons. The van der Waals surface area contributed by atoms with Gasteiger partial charge >= 0.3 is 5.97 Å². The molecule has 0 aromatic heterocycles. The van der Waals surface area contributed by atoms with Gasteiger partial charge in [0.15, 0.2) is 0 Å². The van der Waals surface area contributed by atoms with E-state index >= 15 is 0 Å². The van der Waals surface area contributed by atoms with Crippen molar-refractivity contribution in [2.45, 2.75) is 85.7 Å². The van der Waals surface area contributed by atoms with Crippen LogP contribution in [0.5, 0.6) is 5.75 Å². The van der Waals surface area contributed by atoms with Gasteiger partial charge in [-0.15, -0.1) is 0 Å². The number of hydrogen-bond acceptors (Lipinski definition) is 2. The van der Waals surface area contributed by atoms with Crippen LogP contribution < -0.4 is 4.74 Å². The van der Waals surface area contributed by atoms with Crippen molar-refractivity contribution in [1.29, 1.82) is 0 Å². The molecule has 32 heavy (non-hydrogen) atoms. The number of carbonyl (C=O) groups is 1. The van der Waals surface area contributed by atoms with Crippen LogP contribution in [0.1, 0.15) is 78.7 Å². The summed E-state index contributed by atoms with van der Waals surface area (Å²) in [6.07, 6.45) is 7.98. The maximum Gasteiger partial charge on any atom is 0.307 e. The molecule has 174 valence electrons. The molecule has 0 amide bonds. The lowest BCUT2D eigenvalue weighted by molar-refractivity contribution is -0.159. The summed E-state index contributed by atoms with van der Waals surface area (Å²) in [5.74, 6) is 1.46. The minimum atomic E-state index is -0.642. The minimum Gasteiger partial charge on any atom is -0.490 e. The fraction of sp³-hybridized carbons (Fsp3) is 0.621. The van der Waals surface area contributed by atoms with E-state index in [2.05, 4.69) is 71.0 Å². The first kappa shape index (κ1) is 23.1. The monoisotopic (exact) mass is 436 g/mol. The molecular weight excluding hydrogens is 396 g/mol. The number of aliphatic carboxylic acids is 1. The van der Waals surface area contributed by atoms with Gasteiger partial charge in [-0.2, -0.15) is 0 Å². The lowest BCUT2D eigenvalue weighted by atomic mass is 9.53. The van der Waals surface area contributed by atoms with E-state index in [1.807, 2.05) is 0 Å². The molecule has 2 saturated carbocycles. The fourth-order valence-electron chi connectivity index (χ4n) is 6.05. The van der Waals surface area contributed by atoms with Crippen molar-refractivity contribution in [3.05, 3.63) is 42.0 Å². The third kappa shape index (κ3) is 4.67. The van der Waals surface area contributed by atoms with Crippen LogP contribution in [0.15, 0.2) is 36.4 Å². The number of aryl methyl sites for hydroxylation is 1. The fourth-order valence-corrected chi connectivity index (χ4v) is 6.05. The van der Waals surface area contributed by atoms with Gasteiger partial charge < -0.3 is 9.84 Å². The lowest BCUT2D eigenvalue weighted by Crippen LogP contribution is -2.48. The van der Waals surface area contributed by atoms with Crippen LogP contribution in [0.3, 0.4) is 0 Å². The first-order valence-electron chi connectivity index (χ1n) is 12.5. The number of benzene rings is 2. The first-order chi connectivity index (χ1) is 15.1. The van der Waals surface area contributed by atoms with Gasteiger partial charge in [0.05, 0.1) is 12.0 Å². The Morgan fingerprint density at radius 1 is 1.09 bits per heavy atom. The van der Waals surface area contributed by atoms with Gasteiger partial charge in [-0.05, 0) is 84.6 Å². The molecule has 2 atom stereocenters. The average Bonchev–Trinajstić information content (AvgIpc) is 2.72. The Kier molecular flexibility index (Phi) is 6.31. The second-order valence-electron chi connectivity index (χ2n) is 12.0. The summed E-state index contributed by atoms with van der Waals surface area (Å²) >= 11 is 0. The minimum absolute atomic E-state index is 0.102.